The fraction of sp³-hybridized carbons (Fsp3) is 0.375. The molecule has 0 heterocycles. The molecule has 78 valence electrons. The van der Waals surface area contributed by atoms with E-state index in [9.17, 15) is 9.59 Å². The van der Waals surface area contributed by atoms with Crippen molar-refractivity contribution >= 4 is 33.4 Å². The molecule has 0 aromatic heterocycles. The van der Waals surface area contributed by atoms with E-state index in [4.69, 9.17) is 0 Å². The number of Topliss-reactive ketones (excluding diaryl/α,β-unsaturated/α-hetero) is 1. The molecule has 0 amide bonds. The van der Waals surface area contributed by atoms with E-state index in [1.54, 1.807) is 0 Å². The van der Waals surface area contributed by atoms with Crippen molar-refractivity contribution < 1.29 is 19.2 Å². The summed E-state index contributed by atoms with van der Waals surface area (Å²) in [4.78, 5) is 26.6. The fourth-order valence-corrected chi connectivity index (χ4v) is 0.825. The van der Waals surface area contributed by atoms with Gasteiger partial charge in [0, 0.05) is 0 Å². The third-order valence-corrected chi connectivity index (χ3v) is 1.60. The van der Waals surface area contributed by atoms with E-state index in [0.717, 1.165) is 0 Å². The first-order chi connectivity index (χ1) is 6.67. The van der Waals surface area contributed by atoms with E-state index in [1.807, 2.05) is 0 Å². The highest BCUT2D eigenvalue weighted by atomic mass is 79.9. The highest BCUT2D eigenvalue weighted by Crippen LogP contribution is 1.93. The van der Waals surface area contributed by atoms with Gasteiger partial charge in [0.25, 0.3) is 0 Å². The van der Waals surface area contributed by atoms with Crippen molar-refractivity contribution in [1.82, 2.24) is 0 Å². The van der Waals surface area contributed by atoms with Crippen LogP contribution < -0.4 is 0 Å². The van der Waals surface area contributed by atoms with Crippen LogP contribution in [0.5, 0.6) is 0 Å². The Morgan fingerprint density at radius 1 is 1.57 bits per heavy atom. The monoisotopic (exact) mass is 263 g/mol. The molecule has 0 unspecified atom stereocenters. The van der Waals surface area contributed by atoms with Crippen LogP contribution in [-0.4, -0.2) is 36.5 Å². The molecular formula is C8H10BrNO4. The zero-order chi connectivity index (χ0) is 11.0. The molecule has 0 N–H and O–H groups in total. The van der Waals surface area contributed by atoms with Gasteiger partial charge in [0.05, 0.1) is 5.33 Å². The van der Waals surface area contributed by atoms with Gasteiger partial charge in [-0.05, 0) is 0 Å². The normalized spacial score (nSPS) is 10.6. The van der Waals surface area contributed by atoms with E-state index < -0.39 is 11.8 Å². The Balaban J connectivity index is 4.50. The summed E-state index contributed by atoms with van der Waals surface area (Å²) < 4.78 is 4.62. The Kier molecular flexibility index (Phi) is 6.65. The predicted octanol–water partition coefficient (Wildman–Crippen LogP) is 0.682. The Hall–Kier alpha value is -1.17. The number of ether oxygens (including phenoxy) is 1. The first kappa shape index (κ1) is 12.8. The maximum atomic E-state index is 11.2. The van der Waals surface area contributed by atoms with Gasteiger partial charge in [0.2, 0.25) is 11.5 Å². The number of oxime groups is 1. The minimum atomic E-state index is -0.823. The van der Waals surface area contributed by atoms with Gasteiger partial charge < -0.3 is 9.57 Å². The van der Waals surface area contributed by atoms with E-state index in [2.05, 4.69) is 37.2 Å². The van der Waals surface area contributed by atoms with Gasteiger partial charge in [-0.15, -0.1) is 0 Å². The summed E-state index contributed by atoms with van der Waals surface area (Å²) in [5.74, 6) is -1.32. The second-order valence-electron chi connectivity index (χ2n) is 2.07. The molecule has 0 saturated carbocycles. The first-order valence-electron chi connectivity index (χ1n) is 3.65. The van der Waals surface area contributed by atoms with E-state index >= 15 is 0 Å². The molecule has 0 saturated heterocycles. The number of rotatable bonds is 6. The van der Waals surface area contributed by atoms with E-state index in [-0.39, 0.29) is 17.6 Å². The van der Waals surface area contributed by atoms with Crippen molar-refractivity contribution in [3.8, 4) is 0 Å². The van der Waals surface area contributed by atoms with Crippen LogP contribution >= 0.6 is 15.9 Å². The van der Waals surface area contributed by atoms with Gasteiger partial charge in [-0.1, -0.05) is 33.7 Å². The summed E-state index contributed by atoms with van der Waals surface area (Å²) in [6.07, 6.45) is 1.39. The minimum absolute atomic E-state index is 0.0155. The molecule has 0 aliphatic heterocycles. The fourth-order valence-electron chi connectivity index (χ4n) is 0.560. The molecule has 0 rings (SSSR count). The van der Waals surface area contributed by atoms with Crippen molar-refractivity contribution in [1.29, 1.82) is 0 Å². The molecule has 0 atom stereocenters. The largest absolute Gasteiger partial charge is 0.457 e. The second kappa shape index (κ2) is 7.25. The van der Waals surface area contributed by atoms with Gasteiger partial charge in [-0.2, -0.15) is 0 Å². The van der Waals surface area contributed by atoms with Gasteiger partial charge in [0.15, 0.2) is 0 Å². The van der Waals surface area contributed by atoms with Crippen LogP contribution in [0.25, 0.3) is 0 Å². The summed E-state index contributed by atoms with van der Waals surface area (Å²) in [5.41, 5.74) is -0.369. The first-order valence-corrected chi connectivity index (χ1v) is 4.77. The summed E-state index contributed by atoms with van der Waals surface area (Å²) >= 11 is 2.91. The van der Waals surface area contributed by atoms with Gasteiger partial charge in [-0.25, -0.2) is 4.79 Å². The molecule has 0 spiro atoms. The highest BCUT2D eigenvalue weighted by Gasteiger charge is 2.21. The average molecular weight is 264 g/mol. The Bertz CT molecular complexity index is 262. The summed E-state index contributed by atoms with van der Waals surface area (Å²) in [6.45, 7) is 3.39. The lowest BCUT2D eigenvalue weighted by Gasteiger charge is -2.01. The number of ketones is 1. The molecule has 0 bridgehead atoms. The SMILES string of the molecule is C=CCOC(=O)/C(=N\OC)C(=O)CBr. The summed E-state index contributed by atoms with van der Waals surface area (Å²) in [5, 5.41) is 3.26. The number of esters is 1. The molecule has 0 fully saturated rings. The van der Waals surface area contributed by atoms with Crippen LogP contribution in [-0.2, 0) is 19.2 Å². The maximum absolute atomic E-state index is 11.2. The average Bonchev–Trinajstić information content (AvgIpc) is 2.21. The van der Waals surface area contributed by atoms with E-state index in [1.165, 1.54) is 13.2 Å². The van der Waals surface area contributed by atoms with Crippen molar-refractivity contribution in [2.24, 2.45) is 5.16 Å². The third-order valence-electron chi connectivity index (χ3n) is 1.09. The maximum Gasteiger partial charge on any atom is 0.364 e. The van der Waals surface area contributed by atoms with Crippen molar-refractivity contribution in [2.75, 3.05) is 19.0 Å². The number of nitrogens with zero attached hydrogens (tertiary/aromatic N) is 1. The van der Waals surface area contributed by atoms with Crippen molar-refractivity contribution in [3.05, 3.63) is 12.7 Å². The standard InChI is InChI=1S/C8H10BrNO4/c1-3-4-14-8(12)7(10-13-2)6(11)5-9/h3H,1,4-5H2,2H3/b10-7-. The van der Waals surface area contributed by atoms with Crippen LogP contribution in [0.15, 0.2) is 17.8 Å². The summed E-state index contributed by atoms with van der Waals surface area (Å²) in [7, 11) is 1.24. The van der Waals surface area contributed by atoms with Crippen LogP contribution in [0.1, 0.15) is 0 Å². The van der Waals surface area contributed by atoms with Gasteiger partial charge in [-0.3, -0.25) is 4.79 Å². The number of hydrogen-bond acceptors (Lipinski definition) is 5. The minimum Gasteiger partial charge on any atom is -0.457 e. The highest BCUT2D eigenvalue weighted by molar-refractivity contribution is 9.09. The van der Waals surface area contributed by atoms with E-state index in [0.29, 0.717) is 0 Å². The molecule has 0 aliphatic carbocycles. The molecule has 14 heavy (non-hydrogen) atoms. The molecule has 0 aromatic carbocycles. The lowest BCUT2D eigenvalue weighted by atomic mass is 10.3. The number of carbonyl (C=O) groups excluding carboxylic acids is 2. The Morgan fingerprint density at radius 3 is 2.64 bits per heavy atom. The third kappa shape index (κ3) is 4.18. The van der Waals surface area contributed by atoms with Crippen LogP contribution in [0.3, 0.4) is 0 Å². The van der Waals surface area contributed by atoms with Crippen molar-refractivity contribution in [2.45, 2.75) is 0 Å². The Labute approximate surface area is 89.9 Å². The zero-order valence-corrected chi connectivity index (χ0v) is 9.24. The number of halogens is 1. The summed E-state index contributed by atoms with van der Waals surface area (Å²) in [6, 6.07) is 0. The molecule has 0 aromatic rings. The molecule has 6 heteroatoms. The van der Waals surface area contributed by atoms with Gasteiger partial charge in [0.1, 0.15) is 13.7 Å². The number of hydrogen-bond donors (Lipinski definition) is 0. The molecule has 5 nitrogen and oxygen atoms in total. The smallest absolute Gasteiger partial charge is 0.364 e. The lowest BCUT2D eigenvalue weighted by molar-refractivity contribution is -0.135. The molecule has 0 aliphatic rings. The number of alkyl halides is 1. The van der Waals surface area contributed by atoms with Gasteiger partial charge >= 0.3 is 5.97 Å². The second-order valence-corrected chi connectivity index (χ2v) is 2.63. The number of carbonyl (C=O) groups is 2. The quantitative estimate of drug-likeness (QED) is 0.177. The van der Waals surface area contributed by atoms with Crippen molar-refractivity contribution in [3.63, 3.8) is 0 Å². The molecular weight excluding hydrogens is 254 g/mol. The van der Waals surface area contributed by atoms with Crippen LogP contribution in [0.2, 0.25) is 0 Å². The Morgan fingerprint density at radius 2 is 2.21 bits per heavy atom. The van der Waals surface area contributed by atoms with Crippen LogP contribution in [0.4, 0.5) is 0 Å². The zero-order valence-electron chi connectivity index (χ0n) is 7.66. The lowest BCUT2D eigenvalue weighted by Crippen LogP contribution is -2.27. The molecule has 0 radical (unpaired) electrons. The topological polar surface area (TPSA) is 65.0 Å². The van der Waals surface area contributed by atoms with Crippen LogP contribution in [0, 0.1) is 0 Å². The predicted molar refractivity (Wildman–Crippen MR) is 54.4 cm³/mol.